The van der Waals surface area contributed by atoms with Crippen LogP contribution in [0.2, 0.25) is 0 Å². The second kappa shape index (κ2) is 5.82. The standard InChI is InChI=1S/C13H16N2O/c1-3-4-5-9-15-13(16)12-10(2)7-6-8-11(12)14/h1,6-8H,4-5,9,14H2,2H3,(H,15,16). The molecule has 0 aliphatic heterocycles. The van der Waals surface area contributed by atoms with Gasteiger partial charge in [0.15, 0.2) is 0 Å². The molecule has 1 aromatic carbocycles. The average Bonchev–Trinajstić information content (AvgIpc) is 2.24. The summed E-state index contributed by atoms with van der Waals surface area (Å²) in [6.45, 7) is 2.45. The number of unbranched alkanes of at least 4 members (excludes halogenated alkanes) is 1. The van der Waals surface area contributed by atoms with Gasteiger partial charge in [0.05, 0.1) is 5.56 Å². The number of nitrogen functional groups attached to an aromatic ring is 1. The van der Waals surface area contributed by atoms with E-state index in [4.69, 9.17) is 12.2 Å². The Bertz CT molecular complexity index is 398. The van der Waals surface area contributed by atoms with Crippen LogP contribution in [0.15, 0.2) is 18.2 Å². The number of anilines is 1. The number of nitrogens with one attached hydrogen (secondary N) is 1. The normalized spacial score (nSPS) is 9.50. The van der Waals surface area contributed by atoms with Crippen molar-refractivity contribution in [2.24, 2.45) is 0 Å². The second-order valence-corrected chi connectivity index (χ2v) is 3.60. The zero-order chi connectivity index (χ0) is 12.0. The van der Waals surface area contributed by atoms with Crippen LogP contribution in [-0.2, 0) is 0 Å². The van der Waals surface area contributed by atoms with Crippen molar-refractivity contribution in [2.75, 3.05) is 12.3 Å². The number of carbonyl (C=O) groups excluding carboxylic acids is 1. The minimum Gasteiger partial charge on any atom is -0.398 e. The first-order chi connectivity index (χ1) is 7.66. The van der Waals surface area contributed by atoms with Crippen molar-refractivity contribution in [1.82, 2.24) is 5.32 Å². The number of carbonyl (C=O) groups is 1. The van der Waals surface area contributed by atoms with Crippen molar-refractivity contribution in [3.63, 3.8) is 0 Å². The Morgan fingerprint density at radius 3 is 2.94 bits per heavy atom. The lowest BCUT2D eigenvalue weighted by Gasteiger charge is -2.09. The molecule has 0 heterocycles. The maximum absolute atomic E-state index is 11.8. The zero-order valence-electron chi connectivity index (χ0n) is 9.42. The summed E-state index contributed by atoms with van der Waals surface area (Å²) >= 11 is 0. The van der Waals surface area contributed by atoms with Crippen LogP contribution in [0.1, 0.15) is 28.8 Å². The monoisotopic (exact) mass is 216 g/mol. The minimum atomic E-state index is -0.132. The Labute approximate surface area is 96.0 Å². The maximum atomic E-state index is 11.8. The van der Waals surface area contributed by atoms with Crippen molar-refractivity contribution in [2.45, 2.75) is 19.8 Å². The first-order valence-electron chi connectivity index (χ1n) is 5.23. The number of benzene rings is 1. The van der Waals surface area contributed by atoms with Gasteiger partial charge in [0.25, 0.3) is 5.91 Å². The van der Waals surface area contributed by atoms with Crippen molar-refractivity contribution < 1.29 is 4.79 Å². The van der Waals surface area contributed by atoms with Gasteiger partial charge in [-0.25, -0.2) is 0 Å². The van der Waals surface area contributed by atoms with Crippen molar-refractivity contribution in [3.8, 4) is 12.3 Å². The summed E-state index contributed by atoms with van der Waals surface area (Å²) in [5.41, 5.74) is 7.71. The quantitative estimate of drug-likeness (QED) is 0.457. The van der Waals surface area contributed by atoms with Gasteiger partial charge in [-0.15, -0.1) is 12.3 Å². The van der Waals surface area contributed by atoms with Crippen LogP contribution in [0.3, 0.4) is 0 Å². The van der Waals surface area contributed by atoms with Crippen LogP contribution < -0.4 is 11.1 Å². The van der Waals surface area contributed by atoms with Crippen molar-refractivity contribution in [1.29, 1.82) is 0 Å². The fourth-order valence-electron chi connectivity index (χ4n) is 1.48. The molecule has 3 nitrogen and oxygen atoms in total. The highest BCUT2D eigenvalue weighted by molar-refractivity contribution is 6.00. The topological polar surface area (TPSA) is 55.1 Å². The molecule has 0 spiro atoms. The Morgan fingerprint density at radius 1 is 1.56 bits per heavy atom. The van der Waals surface area contributed by atoms with Gasteiger partial charge in [-0.05, 0) is 25.0 Å². The van der Waals surface area contributed by atoms with E-state index < -0.39 is 0 Å². The lowest BCUT2D eigenvalue weighted by Crippen LogP contribution is -2.26. The number of terminal acetylenes is 1. The van der Waals surface area contributed by atoms with Gasteiger partial charge in [-0.2, -0.15) is 0 Å². The van der Waals surface area contributed by atoms with Gasteiger partial charge >= 0.3 is 0 Å². The van der Waals surface area contributed by atoms with Gasteiger partial charge < -0.3 is 11.1 Å². The Morgan fingerprint density at radius 2 is 2.31 bits per heavy atom. The number of nitrogens with two attached hydrogens (primary N) is 1. The number of aryl methyl sites for hydroxylation is 1. The molecule has 3 N–H and O–H groups in total. The van der Waals surface area contributed by atoms with Crippen LogP contribution in [0, 0.1) is 19.3 Å². The van der Waals surface area contributed by atoms with E-state index in [9.17, 15) is 4.79 Å². The fourth-order valence-corrected chi connectivity index (χ4v) is 1.48. The van der Waals surface area contributed by atoms with Crippen LogP contribution in [0.25, 0.3) is 0 Å². The molecule has 0 saturated carbocycles. The second-order valence-electron chi connectivity index (χ2n) is 3.60. The third-order valence-corrected chi connectivity index (χ3v) is 2.32. The van der Waals surface area contributed by atoms with Gasteiger partial charge in [0.2, 0.25) is 0 Å². The first kappa shape index (κ1) is 12.1. The molecule has 3 heteroatoms. The third-order valence-electron chi connectivity index (χ3n) is 2.32. The van der Waals surface area contributed by atoms with Crippen molar-refractivity contribution in [3.05, 3.63) is 29.3 Å². The molecule has 0 radical (unpaired) electrons. The minimum absolute atomic E-state index is 0.132. The van der Waals surface area contributed by atoms with E-state index in [0.717, 1.165) is 12.0 Å². The molecule has 0 bridgehead atoms. The average molecular weight is 216 g/mol. The van der Waals surface area contributed by atoms with E-state index in [1.54, 1.807) is 6.07 Å². The lowest BCUT2D eigenvalue weighted by atomic mass is 10.1. The van der Waals surface area contributed by atoms with E-state index >= 15 is 0 Å². The Kier molecular flexibility index (Phi) is 4.41. The van der Waals surface area contributed by atoms with Gasteiger partial charge in [-0.3, -0.25) is 4.79 Å². The molecular formula is C13H16N2O. The highest BCUT2D eigenvalue weighted by atomic mass is 16.1. The SMILES string of the molecule is C#CCCCNC(=O)c1c(C)cccc1N. The summed E-state index contributed by atoms with van der Waals surface area (Å²) in [6.07, 6.45) is 6.58. The number of hydrogen-bond donors (Lipinski definition) is 2. The van der Waals surface area contributed by atoms with Crippen LogP contribution in [0.4, 0.5) is 5.69 Å². The highest BCUT2D eigenvalue weighted by Gasteiger charge is 2.11. The zero-order valence-corrected chi connectivity index (χ0v) is 9.42. The summed E-state index contributed by atoms with van der Waals surface area (Å²) in [6, 6.07) is 5.43. The van der Waals surface area contributed by atoms with Gasteiger partial charge in [-0.1, -0.05) is 12.1 Å². The van der Waals surface area contributed by atoms with E-state index in [2.05, 4.69) is 11.2 Å². The number of amides is 1. The maximum Gasteiger partial charge on any atom is 0.253 e. The summed E-state index contributed by atoms with van der Waals surface area (Å²) in [4.78, 5) is 11.8. The lowest BCUT2D eigenvalue weighted by molar-refractivity contribution is 0.0953. The molecule has 1 aromatic rings. The molecule has 1 rings (SSSR count). The molecule has 0 unspecified atom stereocenters. The fraction of sp³-hybridized carbons (Fsp3) is 0.308. The Hall–Kier alpha value is -1.95. The predicted octanol–water partition coefficient (Wildman–Crippen LogP) is 1.72. The molecule has 0 atom stereocenters. The largest absolute Gasteiger partial charge is 0.398 e. The Balaban J connectivity index is 2.63. The number of rotatable bonds is 4. The van der Waals surface area contributed by atoms with E-state index in [-0.39, 0.29) is 5.91 Å². The smallest absolute Gasteiger partial charge is 0.253 e. The molecule has 0 fully saturated rings. The highest BCUT2D eigenvalue weighted by Crippen LogP contribution is 2.15. The third kappa shape index (κ3) is 3.03. The van der Waals surface area contributed by atoms with Crippen LogP contribution in [0.5, 0.6) is 0 Å². The molecule has 0 aliphatic rings. The summed E-state index contributed by atoms with van der Waals surface area (Å²) in [7, 11) is 0. The van der Waals surface area contributed by atoms with E-state index in [1.165, 1.54) is 0 Å². The number of hydrogen-bond acceptors (Lipinski definition) is 2. The molecule has 0 aliphatic carbocycles. The molecule has 0 saturated heterocycles. The molecule has 0 aromatic heterocycles. The summed E-state index contributed by atoms with van der Waals surface area (Å²) in [5, 5.41) is 2.80. The van der Waals surface area contributed by atoms with E-state index in [0.29, 0.717) is 24.2 Å². The molecule has 1 amide bonds. The van der Waals surface area contributed by atoms with Crippen molar-refractivity contribution >= 4 is 11.6 Å². The van der Waals surface area contributed by atoms with Gasteiger partial charge in [0, 0.05) is 18.7 Å². The van der Waals surface area contributed by atoms with E-state index in [1.807, 2.05) is 19.1 Å². The molecule has 84 valence electrons. The summed E-state index contributed by atoms with van der Waals surface area (Å²) < 4.78 is 0. The predicted molar refractivity (Wildman–Crippen MR) is 66.0 cm³/mol. The summed E-state index contributed by atoms with van der Waals surface area (Å²) in [5.74, 6) is 2.40. The first-order valence-corrected chi connectivity index (χ1v) is 5.23. The van der Waals surface area contributed by atoms with Gasteiger partial charge in [0.1, 0.15) is 0 Å². The van der Waals surface area contributed by atoms with Crippen LogP contribution in [-0.4, -0.2) is 12.5 Å². The molecular weight excluding hydrogens is 200 g/mol. The molecule has 16 heavy (non-hydrogen) atoms. The van der Waals surface area contributed by atoms with Crippen LogP contribution >= 0.6 is 0 Å².